The van der Waals surface area contributed by atoms with E-state index < -0.39 is 11.7 Å². The number of allylic oxidation sites excluding steroid dienone is 2. The van der Waals surface area contributed by atoms with Gasteiger partial charge in [-0.15, -0.1) is 0 Å². The third kappa shape index (κ3) is 4.91. The quantitative estimate of drug-likeness (QED) is 0.753. The van der Waals surface area contributed by atoms with Crippen LogP contribution >= 0.6 is 11.6 Å². The third-order valence-electron chi connectivity index (χ3n) is 3.78. The number of hydrogen-bond donors (Lipinski definition) is 1. The molecule has 6 nitrogen and oxygen atoms in total. The lowest BCUT2D eigenvalue weighted by Crippen LogP contribution is -2.27. The average Bonchev–Trinajstić information content (AvgIpc) is 3.01. The zero-order valence-electron chi connectivity index (χ0n) is 15.1. The van der Waals surface area contributed by atoms with Crippen molar-refractivity contribution in [2.45, 2.75) is 45.6 Å². The Morgan fingerprint density at radius 1 is 1.35 bits per heavy atom. The predicted molar refractivity (Wildman–Crippen MR) is 101 cm³/mol. The molecule has 26 heavy (non-hydrogen) atoms. The summed E-state index contributed by atoms with van der Waals surface area (Å²) in [6.07, 6.45) is 1.78. The van der Waals surface area contributed by atoms with Gasteiger partial charge in [-0.1, -0.05) is 11.6 Å². The average molecular weight is 373 g/mol. The van der Waals surface area contributed by atoms with Gasteiger partial charge in [0, 0.05) is 17.0 Å². The standard InChI is InChI=1S/C19H21ClN4O2/c1-19(2,3)26-18(25)23-16-8-7-14(11-15(16)20)24(10-9-21)17-6-4-5-13(17)12-22/h7-8,11H,4-6,10H2,1-3H3,(H,23,25). The molecular formula is C19H21ClN4O2. The van der Waals surface area contributed by atoms with Crippen molar-refractivity contribution in [1.29, 1.82) is 10.5 Å². The van der Waals surface area contributed by atoms with E-state index in [1.807, 2.05) is 0 Å². The largest absolute Gasteiger partial charge is 0.444 e. The highest BCUT2D eigenvalue weighted by Gasteiger charge is 2.22. The zero-order valence-corrected chi connectivity index (χ0v) is 15.9. The van der Waals surface area contributed by atoms with Crippen molar-refractivity contribution in [3.05, 3.63) is 34.5 Å². The van der Waals surface area contributed by atoms with E-state index in [9.17, 15) is 10.1 Å². The molecule has 0 heterocycles. The molecule has 0 spiro atoms. The van der Waals surface area contributed by atoms with Crippen LogP contribution in [0.25, 0.3) is 0 Å². The van der Waals surface area contributed by atoms with Crippen LogP contribution in [0.1, 0.15) is 40.0 Å². The molecule has 1 aliphatic carbocycles. The van der Waals surface area contributed by atoms with Crippen LogP contribution in [0.2, 0.25) is 5.02 Å². The summed E-state index contributed by atoms with van der Waals surface area (Å²) in [5, 5.41) is 21.4. The fourth-order valence-corrected chi connectivity index (χ4v) is 2.97. The molecule has 1 aromatic carbocycles. The van der Waals surface area contributed by atoms with Gasteiger partial charge >= 0.3 is 6.09 Å². The van der Waals surface area contributed by atoms with Crippen LogP contribution in [0.4, 0.5) is 16.2 Å². The van der Waals surface area contributed by atoms with Crippen molar-refractivity contribution in [3.8, 4) is 12.1 Å². The fraction of sp³-hybridized carbons (Fsp3) is 0.421. The molecule has 1 aliphatic rings. The minimum absolute atomic E-state index is 0.121. The maximum atomic E-state index is 11.9. The first-order chi connectivity index (χ1) is 12.2. The minimum Gasteiger partial charge on any atom is -0.444 e. The lowest BCUT2D eigenvalue weighted by atomic mass is 10.2. The molecule has 0 saturated heterocycles. The summed E-state index contributed by atoms with van der Waals surface area (Å²) in [5.74, 6) is 0. The van der Waals surface area contributed by atoms with Gasteiger partial charge in [-0.05, 0) is 58.2 Å². The number of anilines is 2. The summed E-state index contributed by atoms with van der Waals surface area (Å²) in [6, 6.07) is 9.44. The van der Waals surface area contributed by atoms with E-state index in [0.29, 0.717) is 22.0 Å². The van der Waals surface area contributed by atoms with Crippen LogP contribution in [-0.4, -0.2) is 18.2 Å². The summed E-state index contributed by atoms with van der Waals surface area (Å²) in [6.45, 7) is 5.45. The molecule has 1 amide bonds. The van der Waals surface area contributed by atoms with Crippen molar-refractivity contribution < 1.29 is 9.53 Å². The molecule has 136 valence electrons. The van der Waals surface area contributed by atoms with Gasteiger partial charge in [0.25, 0.3) is 0 Å². The number of hydrogen-bond acceptors (Lipinski definition) is 5. The second kappa shape index (κ2) is 8.12. The van der Waals surface area contributed by atoms with E-state index in [-0.39, 0.29) is 6.54 Å². The van der Waals surface area contributed by atoms with Gasteiger partial charge in [-0.25, -0.2) is 4.79 Å². The van der Waals surface area contributed by atoms with Crippen molar-refractivity contribution in [1.82, 2.24) is 0 Å². The van der Waals surface area contributed by atoms with E-state index in [2.05, 4.69) is 17.5 Å². The Morgan fingerprint density at radius 2 is 2.08 bits per heavy atom. The van der Waals surface area contributed by atoms with Gasteiger partial charge in [-0.3, -0.25) is 5.32 Å². The van der Waals surface area contributed by atoms with E-state index in [1.54, 1.807) is 43.9 Å². The van der Waals surface area contributed by atoms with Crippen molar-refractivity contribution in [2.75, 3.05) is 16.8 Å². The topological polar surface area (TPSA) is 89.2 Å². The van der Waals surface area contributed by atoms with Crippen LogP contribution in [-0.2, 0) is 4.74 Å². The Bertz CT molecular complexity index is 812. The molecular weight excluding hydrogens is 352 g/mol. The highest BCUT2D eigenvalue weighted by Crippen LogP contribution is 2.34. The molecule has 0 radical (unpaired) electrons. The Kier molecular flexibility index (Phi) is 6.13. The number of nitrogens with one attached hydrogen (secondary N) is 1. The number of ether oxygens (including phenoxy) is 1. The molecule has 0 aliphatic heterocycles. The highest BCUT2D eigenvalue weighted by atomic mass is 35.5. The highest BCUT2D eigenvalue weighted by molar-refractivity contribution is 6.34. The Hall–Kier alpha value is -2.70. The summed E-state index contributed by atoms with van der Waals surface area (Å²) in [7, 11) is 0. The first-order valence-corrected chi connectivity index (χ1v) is 8.69. The number of amides is 1. The summed E-state index contributed by atoms with van der Waals surface area (Å²) < 4.78 is 5.22. The van der Waals surface area contributed by atoms with E-state index in [4.69, 9.17) is 21.6 Å². The summed E-state index contributed by atoms with van der Waals surface area (Å²) >= 11 is 6.30. The number of nitriles is 2. The normalized spacial score (nSPS) is 13.8. The summed E-state index contributed by atoms with van der Waals surface area (Å²) in [4.78, 5) is 13.7. The second-order valence-electron chi connectivity index (χ2n) is 6.93. The molecule has 0 fully saturated rings. The van der Waals surface area contributed by atoms with Crippen LogP contribution < -0.4 is 10.2 Å². The maximum Gasteiger partial charge on any atom is 0.412 e. The molecule has 0 bridgehead atoms. The molecule has 1 aromatic rings. The molecule has 0 aromatic heterocycles. The van der Waals surface area contributed by atoms with Gasteiger partial charge in [0.05, 0.1) is 22.8 Å². The van der Waals surface area contributed by atoms with Crippen LogP contribution in [0.15, 0.2) is 29.5 Å². The van der Waals surface area contributed by atoms with E-state index in [1.165, 1.54) is 0 Å². The molecule has 2 rings (SSSR count). The molecule has 7 heteroatoms. The summed E-state index contributed by atoms with van der Waals surface area (Å²) in [5.41, 5.74) is 2.08. The minimum atomic E-state index is -0.608. The van der Waals surface area contributed by atoms with Crippen LogP contribution in [0.5, 0.6) is 0 Å². The molecule has 0 atom stereocenters. The van der Waals surface area contributed by atoms with E-state index >= 15 is 0 Å². The van der Waals surface area contributed by atoms with Gasteiger partial charge in [0.1, 0.15) is 12.1 Å². The van der Waals surface area contributed by atoms with Crippen molar-refractivity contribution in [2.24, 2.45) is 0 Å². The first kappa shape index (κ1) is 19.6. The number of rotatable bonds is 4. The number of halogens is 1. The number of nitrogens with zero attached hydrogens (tertiary/aromatic N) is 3. The van der Waals surface area contributed by atoms with Crippen LogP contribution in [0, 0.1) is 22.7 Å². The molecule has 0 saturated carbocycles. The van der Waals surface area contributed by atoms with Gasteiger partial charge in [0.15, 0.2) is 0 Å². The molecule has 0 unspecified atom stereocenters. The SMILES string of the molecule is CC(C)(C)OC(=O)Nc1ccc(N(CC#N)C2=C(C#N)CCC2)cc1Cl. The monoisotopic (exact) mass is 372 g/mol. The Labute approximate surface area is 158 Å². The maximum absolute atomic E-state index is 11.9. The number of benzene rings is 1. The Morgan fingerprint density at radius 3 is 2.65 bits per heavy atom. The van der Waals surface area contributed by atoms with Crippen molar-refractivity contribution >= 4 is 29.1 Å². The predicted octanol–water partition coefficient (Wildman–Crippen LogP) is 4.98. The smallest absolute Gasteiger partial charge is 0.412 e. The molecule has 1 N–H and O–H groups in total. The lowest BCUT2D eigenvalue weighted by Gasteiger charge is -2.24. The first-order valence-electron chi connectivity index (χ1n) is 8.31. The third-order valence-corrected chi connectivity index (χ3v) is 4.09. The van der Waals surface area contributed by atoms with E-state index in [0.717, 1.165) is 25.0 Å². The second-order valence-corrected chi connectivity index (χ2v) is 7.33. The van der Waals surface area contributed by atoms with Crippen molar-refractivity contribution in [3.63, 3.8) is 0 Å². The van der Waals surface area contributed by atoms with Gasteiger partial charge in [-0.2, -0.15) is 10.5 Å². The lowest BCUT2D eigenvalue weighted by molar-refractivity contribution is 0.0636. The number of carbonyl (C=O) groups excluding carboxylic acids is 1. The fourth-order valence-electron chi connectivity index (χ4n) is 2.75. The van der Waals surface area contributed by atoms with Gasteiger partial charge < -0.3 is 9.64 Å². The van der Waals surface area contributed by atoms with Crippen LogP contribution in [0.3, 0.4) is 0 Å². The number of carbonyl (C=O) groups is 1. The Balaban J connectivity index is 2.26. The van der Waals surface area contributed by atoms with Gasteiger partial charge in [0.2, 0.25) is 0 Å². The zero-order chi connectivity index (χ0) is 19.3.